The topological polar surface area (TPSA) is 66.5 Å². The van der Waals surface area contributed by atoms with E-state index in [1.54, 1.807) is 36.0 Å². The van der Waals surface area contributed by atoms with Gasteiger partial charge in [0, 0.05) is 18.5 Å². The minimum Gasteiger partial charge on any atom is -0.355 e. The van der Waals surface area contributed by atoms with Crippen LogP contribution in [0.4, 0.5) is 0 Å². The Hall–Kier alpha value is -1.05. The Labute approximate surface area is 131 Å². The Kier molecular flexibility index (Phi) is 7.21. The molecule has 1 aromatic carbocycles. The summed E-state index contributed by atoms with van der Waals surface area (Å²) in [5.41, 5.74) is 0. The number of hydrogen-bond acceptors (Lipinski definition) is 4. The summed E-state index contributed by atoms with van der Waals surface area (Å²) >= 11 is 1.55. The Morgan fingerprint density at radius 2 is 1.90 bits per heavy atom. The second kappa shape index (κ2) is 8.41. The monoisotopic (exact) mass is 330 g/mol. The van der Waals surface area contributed by atoms with Crippen molar-refractivity contribution in [3.8, 4) is 0 Å². The van der Waals surface area contributed by atoms with Gasteiger partial charge in [-0.15, -0.1) is 11.8 Å². The summed E-state index contributed by atoms with van der Waals surface area (Å²) in [6, 6.07) is 6.64. The molecule has 1 amide bonds. The third-order valence-corrected chi connectivity index (χ3v) is 5.55. The summed E-state index contributed by atoms with van der Waals surface area (Å²) in [4.78, 5) is 12.9. The number of unbranched alkanes of at least 4 members (excludes halogenated alkanes) is 1. The molecule has 0 heterocycles. The van der Waals surface area contributed by atoms with Gasteiger partial charge in [0.15, 0.2) is 0 Å². The molecule has 1 N–H and O–H groups in total. The van der Waals surface area contributed by atoms with Crippen LogP contribution in [-0.4, -0.2) is 45.0 Å². The molecule has 0 bridgehead atoms. The third kappa shape index (κ3) is 5.33. The zero-order valence-electron chi connectivity index (χ0n) is 12.6. The van der Waals surface area contributed by atoms with E-state index < -0.39 is 10.0 Å². The number of nitrogens with one attached hydrogen (secondary N) is 1. The van der Waals surface area contributed by atoms with E-state index in [0.29, 0.717) is 6.54 Å². The van der Waals surface area contributed by atoms with Crippen molar-refractivity contribution in [2.45, 2.75) is 29.6 Å². The van der Waals surface area contributed by atoms with Gasteiger partial charge in [0.1, 0.15) is 0 Å². The van der Waals surface area contributed by atoms with E-state index >= 15 is 0 Å². The fraction of sp³-hybridized carbons (Fsp3) is 0.500. The van der Waals surface area contributed by atoms with Crippen molar-refractivity contribution in [3.05, 3.63) is 24.3 Å². The molecule has 118 valence electrons. The summed E-state index contributed by atoms with van der Waals surface area (Å²) in [6.07, 6.45) is 3.80. The van der Waals surface area contributed by atoms with Gasteiger partial charge in [-0.2, -0.15) is 4.31 Å². The molecule has 0 aliphatic rings. The highest BCUT2D eigenvalue weighted by molar-refractivity contribution is 7.98. The van der Waals surface area contributed by atoms with E-state index in [1.165, 1.54) is 7.05 Å². The van der Waals surface area contributed by atoms with Crippen molar-refractivity contribution in [1.29, 1.82) is 0 Å². The van der Waals surface area contributed by atoms with Crippen molar-refractivity contribution in [3.63, 3.8) is 0 Å². The van der Waals surface area contributed by atoms with E-state index in [2.05, 4.69) is 5.32 Å². The maximum absolute atomic E-state index is 12.3. The molecule has 0 atom stereocenters. The van der Waals surface area contributed by atoms with Gasteiger partial charge < -0.3 is 5.32 Å². The molecule has 0 saturated carbocycles. The molecule has 0 fully saturated rings. The first-order valence-electron chi connectivity index (χ1n) is 6.79. The van der Waals surface area contributed by atoms with Gasteiger partial charge in [0.2, 0.25) is 15.9 Å². The van der Waals surface area contributed by atoms with Crippen LogP contribution in [0.25, 0.3) is 0 Å². The van der Waals surface area contributed by atoms with Crippen LogP contribution in [0.15, 0.2) is 34.1 Å². The van der Waals surface area contributed by atoms with Gasteiger partial charge in [-0.3, -0.25) is 4.79 Å². The molecule has 0 aromatic heterocycles. The molecule has 1 rings (SSSR count). The fourth-order valence-corrected chi connectivity index (χ4v) is 3.21. The van der Waals surface area contributed by atoms with Gasteiger partial charge in [-0.05, 0) is 36.9 Å². The normalized spacial score (nSPS) is 11.6. The van der Waals surface area contributed by atoms with E-state index in [-0.39, 0.29) is 17.3 Å². The van der Waals surface area contributed by atoms with Crippen LogP contribution in [0.3, 0.4) is 0 Å². The molecule has 0 saturated heterocycles. The molecule has 21 heavy (non-hydrogen) atoms. The predicted molar refractivity (Wildman–Crippen MR) is 86.0 cm³/mol. The van der Waals surface area contributed by atoms with E-state index in [9.17, 15) is 13.2 Å². The molecular formula is C14H22N2O3S2. The maximum Gasteiger partial charge on any atom is 0.243 e. The number of rotatable bonds is 8. The quantitative estimate of drug-likeness (QED) is 0.584. The fourth-order valence-electron chi connectivity index (χ4n) is 1.68. The van der Waals surface area contributed by atoms with Crippen LogP contribution >= 0.6 is 11.8 Å². The van der Waals surface area contributed by atoms with Crippen molar-refractivity contribution in [2.24, 2.45) is 0 Å². The largest absolute Gasteiger partial charge is 0.355 e. The molecule has 7 heteroatoms. The lowest BCUT2D eigenvalue weighted by atomic mass is 10.3. The number of nitrogens with zero attached hydrogens (tertiary/aromatic N) is 1. The van der Waals surface area contributed by atoms with Gasteiger partial charge in [0.25, 0.3) is 0 Å². The lowest BCUT2D eigenvalue weighted by molar-refractivity contribution is -0.121. The molecule has 0 radical (unpaired) electrons. The highest BCUT2D eigenvalue weighted by atomic mass is 32.2. The zero-order chi connectivity index (χ0) is 15.9. The lowest BCUT2D eigenvalue weighted by Crippen LogP contribution is -2.38. The summed E-state index contributed by atoms with van der Waals surface area (Å²) in [7, 11) is -2.21. The summed E-state index contributed by atoms with van der Waals surface area (Å²) < 4.78 is 25.7. The third-order valence-electron chi connectivity index (χ3n) is 2.99. The van der Waals surface area contributed by atoms with E-state index in [0.717, 1.165) is 22.0 Å². The first-order valence-corrected chi connectivity index (χ1v) is 9.45. The van der Waals surface area contributed by atoms with Crippen LogP contribution < -0.4 is 5.32 Å². The molecule has 0 aliphatic carbocycles. The van der Waals surface area contributed by atoms with Crippen LogP contribution in [-0.2, 0) is 14.8 Å². The van der Waals surface area contributed by atoms with E-state index in [4.69, 9.17) is 0 Å². The van der Waals surface area contributed by atoms with Gasteiger partial charge in [-0.1, -0.05) is 13.3 Å². The van der Waals surface area contributed by atoms with E-state index in [1.807, 2.05) is 13.2 Å². The van der Waals surface area contributed by atoms with Crippen molar-refractivity contribution >= 4 is 27.7 Å². The van der Waals surface area contributed by atoms with Crippen molar-refractivity contribution in [2.75, 3.05) is 26.4 Å². The minimum absolute atomic E-state index is 0.170. The Balaban J connectivity index is 2.70. The minimum atomic E-state index is -3.63. The predicted octanol–water partition coefficient (Wildman–Crippen LogP) is 1.95. The molecule has 5 nitrogen and oxygen atoms in total. The lowest BCUT2D eigenvalue weighted by Gasteiger charge is -2.17. The molecule has 0 unspecified atom stereocenters. The molecular weight excluding hydrogens is 308 g/mol. The number of hydrogen-bond donors (Lipinski definition) is 1. The summed E-state index contributed by atoms with van der Waals surface area (Å²) in [5, 5.41) is 2.71. The number of benzene rings is 1. The molecule has 0 spiro atoms. The molecule has 1 aromatic rings. The van der Waals surface area contributed by atoms with Gasteiger partial charge in [-0.25, -0.2) is 8.42 Å². The average Bonchev–Trinajstić information content (AvgIpc) is 2.47. The number of likely N-dealkylation sites (N-methyl/N-ethyl adjacent to an activating group) is 1. The average molecular weight is 330 g/mol. The van der Waals surface area contributed by atoms with Crippen LogP contribution in [0, 0.1) is 0 Å². The second-order valence-electron chi connectivity index (χ2n) is 4.64. The van der Waals surface area contributed by atoms with Crippen molar-refractivity contribution < 1.29 is 13.2 Å². The zero-order valence-corrected chi connectivity index (χ0v) is 14.3. The van der Waals surface area contributed by atoms with Crippen molar-refractivity contribution in [1.82, 2.24) is 9.62 Å². The smallest absolute Gasteiger partial charge is 0.243 e. The van der Waals surface area contributed by atoms with Gasteiger partial charge >= 0.3 is 0 Å². The van der Waals surface area contributed by atoms with Gasteiger partial charge in [0.05, 0.1) is 11.4 Å². The number of sulfonamides is 1. The summed E-state index contributed by atoms with van der Waals surface area (Å²) in [6.45, 7) is 2.43. The Bertz CT molecular complexity index is 556. The Morgan fingerprint density at radius 3 is 2.43 bits per heavy atom. The highest BCUT2D eigenvalue weighted by Crippen LogP contribution is 2.19. The number of carbonyl (C=O) groups excluding carboxylic acids is 1. The second-order valence-corrected chi connectivity index (χ2v) is 7.56. The van der Waals surface area contributed by atoms with Crippen LogP contribution in [0.2, 0.25) is 0 Å². The van der Waals surface area contributed by atoms with Crippen LogP contribution in [0.1, 0.15) is 19.8 Å². The molecule has 0 aliphatic heterocycles. The van der Waals surface area contributed by atoms with Crippen LogP contribution in [0.5, 0.6) is 0 Å². The highest BCUT2D eigenvalue weighted by Gasteiger charge is 2.22. The number of amides is 1. The number of carbonyl (C=O) groups is 1. The first-order chi connectivity index (χ1) is 9.91. The maximum atomic E-state index is 12.3. The first kappa shape index (κ1) is 18.0. The standard InChI is InChI=1S/C14H22N2O3S2/c1-4-5-10-15-14(17)11-16(2)21(18,19)13-8-6-12(20-3)7-9-13/h6-9H,4-5,10-11H2,1-3H3,(H,15,17). The summed E-state index contributed by atoms with van der Waals surface area (Å²) in [5.74, 6) is -0.282. The SMILES string of the molecule is CCCCNC(=O)CN(C)S(=O)(=O)c1ccc(SC)cc1. The Morgan fingerprint density at radius 1 is 1.29 bits per heavy atom. The number of thioether (sulfide) groups is 1.